The number of hydrogen-bond donors (Lipinski definition) is 3. The zero-order valence-electron chi connectivity index (χ0n) is 15.1. The number of aromatic nitrogens is 1. The van der Waals surface area contributed by atoms with Crippen LogP contribution in [-0.4, -0.2) is 42.5 Å². The molecule has 1 aliphatic rings. The van der Waals surface area contributed by atoms with E-state index in [1.165, 1.54) is 25.7 Å². The van der Waals surface area contributed by atoms with Gasteiger partial charge in [0.05, 0.1) is 12.1 Å². The molecular formula is C18H30IN5O. The van der Waals surface area contributed by atoms with E-state index in [0.717, 1.165) is 18.4 Å². The Morgan fingerprint density at radius 1 is 1.28 bits per heavy atom. The fourth-order valence-electron chi connectivity index (χ4n) is 2.85. The van der Waals surface area contributed by atoms with E-state index in [9.17, 15) is 4.79 Å². The summed E-state index contributed by atoms with van der Waals surface area (Å²) in [6.07, 6.45) is 8.17. The number of pyridine rings is 1. The van der Waals surface area contributed by atoms with E-state index in [2.05, 4.69) is 39.8 Å². The number of hydrogen-bond acceptors (Lipinski definition) is 3. The first-order chi connectivity index (χ1) is 11.7. The normalized spacial score (nSPS) is 20.3. The van der Waals surface area contributed by atoms with E-state index < -0.39 is 0 Å². The molecule has 0 aromatic carbocycles. The van der Waals surface area contributed by atoms with Crippen molar-refractivity contribution in [2.24, 2.45) is 10.9 Å². The van der Waals surface area contributed by atoms with E-state index in [1.54, 1.807) is 24.5 Å². The van der Waals surface area contributed by atoms with Crippen molar-refractivity contribution in [3.05, 3.63) is 30.1 Å². The lowest BCUT2D eigenvalue weighted by Gasteiger charge is -2.28. The number of halogens is 1. The highest BCUT2D eigenvalue weighted by atomic mass is 127. The van der Waals surface area contributed by atoms with Crippen LogP contribution < -0.4 is 16.0 Å². The molecule has 3 N–H and O–H groups in total. The fourth-order valence-corrected chi connectivity index (χ4v) is 2.85. The molecular weight excluding hydrogens is 429 g/mol. The third kappa shape index (κ3) is 8.02. The van der Waals surface area contributed by atoms with E-state index in [1.807, 2.05) is 0 Å². The van der Waals surface area contributed by atoms with Crippen LogP contribution in [0.4, 0.5) is 0 Å². The maximum absolute atomic E-state index is 11.9. The summed E-state index contributed by atoms with van der Waals surface area (Å²) < 4.78 is 0. The van der Waals surface area contributed by atoms with Gasteiger partial charge < -0.3 is 16.0 Å². The summed E-state index contributed by atoms with van der Waals surface area (Å²) in [5.74, 6) is 1.57. The van der Waals surface area contributed by atoms with Gasteiger partial charge in [-0.15, -0.1) is 24.0 Å². The average Bonchev–Trinajstić information content (AvgIpc) is 2.61. The van der Waals surface area contributed by atoms with Gasteiger partial charge >= 0.3 is 0 Å². The lowest BCUT2D eigenvalue weighted by atomic mass is 9.87. The second kappa shape index (κ2) is 12.1. The molecule has 0 spiro atoms. The number of nitrogens with zero attached hydrogens (tertiary/aromatic N) is 2. The van der Waals surface area contributed by atoms with E-state index in [-0.39, 0.29) is 29.9 Å². The van der Waals surface area contributed by atoms with Gasteiger partial charge in [-0.2, -0.15) is 0 Å². The first kappa shape index (κ1) is 21.7. The minimum absolute atomic E-state index is 0. The Balaban J connectivity index is 0.00000312. The van der Waals surface area contributed by atoms with Crippen molar-refractivity contribution < 1.29 is 4.79 Å². The highest BCUT2D eigenvalue weighted by molar-refractivity contribution is 14.0. The number of amides is 1. The van der Waals surface area contributed by atoms with Gasteiger partial charge in [-0.1, -0.05) is 6.92 Å². The van der Waals surface area contributed by atoms with Gasteiger partial charge in [0.25, 0.3) is 5.91 Å². The van der Waals surface area contributed by atoms with Gasteiger partial charge in [-0.05, 0) is 50.7 Å². The van der Waals surface area contributed by atoms with Crippen molar-refractivity contribution in [2.75, 3.05) is 19.6 Å². The van der Waals surface area contributed by atoms with E-state index in [4.69, 9.17) is 0 Å². The second-order valence-electron chi connectivity index (χ2n) is 6.36. The molecule has 2 rings (SSSR count). The Kier molecular flexibility index (Phi) is 10.4. The van der Waals surface area contributed by atoms with Gasteiger partial charge in [0, 0.05) is 31.5 Å². The van der Waals surface area contributed by atoms with Crippen molar-refractivity contribution in [3.63, 3.8) is 0 Å². The van der Waals surface area contributed by atoms with Crippen molar-refractivity contribution in [1.82, 2.24) is 20.9 Å². The van der Waals surface area contributed by atoms with Gasteiger partial charge in [-0.25, -0.2) is 0 Å². The van der Waals surface area contributed by atoms with Crippen LogP contribution in [0.1, 0.15) is 49.9 Å². The molecule has 1 saturated carbocycles. The molecule has 0 saturated heterocycles. The molecule has 140 valence electrons. The molecule has 0 atom stereocenters. The topological polar surface area (TPSA) is 78.4 Å². The Morgan fingerprint density at radius 2 is 2.04 bits per heavy atom. The SMILES string of the molecule is CCNC(=NCCNC(=O)c1cccnc1)NC1CCC(C)CC1.I. The van der Waals surface area contributed by atoms with Crippen LogP contribution >= 0.6 is 24.0 Å². The van der Waals surface area contributed by atoms with Gasteiger partial charge in [-0.3, -0.25) is 14.8 Å². The Hall–Kier alpha value is -1.38. The van der Waals surface area contributed by atoms with Gasteiger partial charge in [0.2, 0.25) is 0 Å². The number of carbonyl (C=O) groups excluding carboxylic acids is 1. The van der Waals surface area contributed by atoms with Crippen LogP contribution in [0, 0.1) is 5.92 Å². The molecule has 1 heterocycles. The quantitative estimate of drug-likeness (QED) is 0.265. The van der Waals surface area contributed by atoms with Gasteiger partial charge in [0.15, 0.2) is 5.96 Å². The maximum atomic E-state index is 11.9. The van der Waals surface area contributed by atoms with Crippen molar-refractivity contribution in [2.45, 2.75) is 45.6 Å². The summed E-state index contributed by atoms with van der Waals surface area (Å²) in [6, 6.07) is 4.01. The molecule has 1 aromatic rings. The van der Waals surface area contributed by atoms with Crippen LogP contribution in [0.5, 0.6) is 0 Å². The van der Waals surface area contributed by atoms with Crippen LogP contribution in [0.25, 0.3) is 0 Å². The van der Waals surface area contributed by atoms with Crippen molar-refractivity contribution in [3.8, 4) is 0 Å². The van der Waals surface area contributed by atoms with E-state index >= 15 is 0 Å². The summed E-state index contributed by atoms with van der Waals surface area (Å²) in [7, 11) is 0. The van der Waals surface area contributed by atoms with Crippen LogP contribution in [0.3, 0.4) is 0 Å². The van der Waals surface area contributed by atoms with Crippen LogP contribution in [0.2, 0.25) is 0 Å². The predicted molar refractivity (Wildman–Crippen MR) is 113 cm³/mol. The van der Waals surface area contributed by atoms with Crippen LogP contribution in [-0.2, 0) is 0 Å². The summed E-state index contributed by atoms with van der Waals surface area (Å²) in [5.41, 5.74) is 0.572. The zero-order chi connectivity index (χ0) is 17.2. The zero-order valence-corrected chi connectivity index (χ0v) is 17.5. The molecule has 0 bridgehead atoms. The summed E-state index contributed by atoms with van der Waals surface area (Å²) in [4.78, 5) is 20.4. The third-order valence-corrected chi connectivity index (χ3v) is 4.29. The summed E-state index contributed by atoms with van der Waals surface area (Å²) in [5, 5.41) is 9.65. The monoisotopic (exact) mass is 459 g/mol. The molecule has 1 aliphatic carbocycles. The van der Waals surface area contributed by atoms with E-state index in [0.29, 0.717) is 24.7 Å². The molecule has 1 aromatic heterocycles. The molecule has 0 unspecified atom stereocenters. The molecule has 6 nitrogen and oxygen atoms in total. The smallest absolute Gasteiger partial charge is 0.252 e. The predicted octanol–water partition coefficient (Wildman–Crippen LogP) is 2.56. The Bertz CT molecular complexity index is 530. The Morgan fingerprint density at radius 3 is 2.68 bits per heavy atom. The average molecular weight is 459 g/mol. The standard InChI is InChI=1S/C18H29N5O.HI/c1-3-20-18(23-16-8-6-14(2)7-9-16)22-12-11-21-17(24)15-5-4-10-19-13-15;/h4-5,10,13-14,16H,3,6-9,11-12H2,1-2H3,(H,21,24)(H2,20,22,23);1H. The molecule has 0 aliphatic heterocycles. The number of rotatable bonds is 6. The van der Waals surface area contributed by atoms with Crippen LogP contribution in [0.15, 0.2) is 29.5 Å². The number of guanidine groups is 1. The highest BCUT2D eigenvalue weighted by Gasteiger charge is 2.18. The minimum atomic E-state index is -0.113. The Labute approximate surface area is 167 Å². The molecule has 0 radical (unpaired) electrons. The molecule has 25 heavy (non-hydrogen) atoms. The number of aliphatic imine (C=N–C) groups is 1. The minimum Gasteiger partial charge on any atom is -0.357 e. The fraction of sp³-hybridized carbons (Fsp3) is 0.611. The molecule has 1 amide bonds. The first-order valence-electron chi connectivity index (χ1n) is 8.92. The maximum Gasteiger partial charge on any atom is 0.252 e. The first-order valence-corrected chi connectivity index (χ1v) is 8.92. The largest absolute Gasteiger partial charge is 0.357 e. The van der Waals surface area contributed by atoms with Crippen molar-refractivity contribution >= 4 is 35.8 Å². The summed E-state index contributed by atoms with van der Waals surface area (Å²) >= 11 is 0. The second-order valence-corrected chi connectivity index (χ2v) is 6.36. The lowest BCUT2D eigenvalue weighted by molar-refractivity contribution is 0.0954. The van der Waals surface area contributed by atoms with Crippen molar-refractivity contribution in [1.29, 1.82) is 0 Å². The molecule has 1 fully saturated rings. The summed E-state index contributed by atoms with van der Waals surface area (Å²) in [6.45, 7) is 6.26. The molecule has 7 heteroatoms. The third-order valence-electron chi connectivity index (χ3n) is 4.29. The number of nitrogens with one attached hydrogen (secondary N) is 3. The highest BCUT2D eigenvalue weighted by Crippen LogP contribution is 2.23. The lowest BCUT2D eigenvalue weighted by Crippen LogP contribution is -2.45. The van der Waals surface area contributed by atoms with Gasteiger partial charge in [0.1, 0.15) is 0 Å². The number of carbonyl (C=O) groups is 1.